The van der Waals surface area contributed by atoms with Crippen LogP contribution in [0.25, 0.3) is 0 Å². The highest BCUT2D eigenvalue weighted by atomic mass is 32.2. The molecule has 1 aromatic carbocycles. The summed E-state index contributed by atoms with van der Waals surface area (Å²) in [6, 6.07) is 3.30. The van der Waals surface area contributed by atoms with Crippen LogP contribution in [0.1, 0.15) is 60.0 Å². The molecule has 2 saturated carbocycles. The van der Waals surface area contributed by atoms with Crippen molar-refractivity contribution in [2.75, 3.05) is 5.75 Å². The van der Waals surface area contributed by atoms with Crippen LogP contribution in [0.3, 0.4) is 0 Å². The maximum absolute atomic E-state index is 12.8. The van der Waals surface area contributed by atoms with Crippen LogP contribution in [0.4, 0.5) is 0 Å². The van der Waals surface area contributed by atoms with Crippen LogP contribution < -0.4 is 0 Å². The molecule has 0 heterocycles. The first-order valence-electron chi connectivity index (χ1n) is 7.56. The monoisotopic (exact) mass is 308 g/mol. The van der Waals surface area contributed by atoms with Crippen molar-refractivity contribution in [1.29, 1.82) is 0 Å². The molecule has 0 unspecified atom stereocenters. The van der Waals surface area contributed by atoms with Gasteiger partial charge in [0.15, 0.2) is 9.84 Å². The summed E-state index contributed by atoms with van der Waals surface area (Å²) in [6.07, 6.45) is 4.38. The van der Waals surface area contributed by atoms with E-state index in [4.69, 9.17) is 0 Å². The fourth-order valence-electron chi connectivity index (χ4n) is 2.96. The van der Waals surface area contributed by atoms with Crippen molar-refractivity contribution in [3.05, 3.63) is 28.8 Å². The topological polar surface area (TPSA) is 71.4 Å². The van der Waals surface area contributed by atoms with Crippen LogP contribution in [-0.4, -0.2) is 25.2 Å². The van der Waals surface area contributed by atoms with E-state index in [9.17, 15) is 18.3 Å². The lowest BCUT2D eigenvalue weighted by Gasteiger charge is -2.16. The number of rotatable bonds is 6. The lowest BCUT2D eigenvalue weighted by Crippen LogP contribution is -2.16. The zero-order valence-corrected chi connectivity index (χ0v) is 12.9. The van der Waals surface area contributed by atoms with E-state index in [0.29, 0.717) is 22.8 Å². The Bertz CT molecular complexity index is 682. The number of hydrogen-bond acceptors (Lipinski definition) is 3. The molecule has 2 aliphatic carbocycles. The summed E-state index contributed by atoms with van der Waals surface area (Å²) in [4.78, 5) is 11.7. The van der Waals surface area contributed by atoms with Crippen molar-refractivity contribution in [2.24, 2.45) is 5.92 Å². The SMILES string of the molecule is CCc1c(C(=O)O)ccc(C2CC2)c1S(=O)(=O)CC1CC1. The largest absolute Gasteiger partial charge is 0.478 e. The second-order valence-electron chi connectivity index (χ2n) is 6.17. The first-order chi connectivity index (χ1) is 9.94. The van der Waals surface area contributed by atoms with Crippen molar-refractivity contribution in [3.63, 3.8) is 0 Å². The Hall–Kier alpha value is -1.36. The molecule has 5 heteroatoms. The van der Waals surface area contributed by atoms with Gasteiger partial charge in [0, 0.05) is 0 Å². The molecule has 21 heavy (non-hydrogen) atoms. The molecule has 0 aliphatic heterocycles. The van der Waals surface area contributed by atoms with Gasteiger partial charge in [0.05, 0.1) is 16.2 Å². The number of benzene rings is 1. The molecular formula is C16H20O4S. The number of carboxylic acids is 1. The standard InChI is InChI=1S/C16H20O4S/c1-2-12-14(16(17)18)8-7-13(11-5-6-11)15(12)21(19,20)9-10-3-4-10/h7-8,10-11H,2-6,9H2,1H3,(H,17,18). The average molecular weight is 308 g/mol. The van der Waals surface area contributed by atoms with Gasteiger partial charge in [-0.15, -0.1) is 0 Å². The van der Waals surface area contributed by atoms with Crippen LogP contribution in [0.2, 0.25) is 0 Å². The third-order valence-corrected chi connectivity index (χ3v) is 6.37. The Kier molecular flexibility index (Phi) is 3.56. The van der Waals surface area contributed by atoms with Gasteiger partial charge >= 0.3 is 5.97 Å². The molecule has 1 N–H and O–H groups in total. The van der Waals surface area contributed by atoms with Gasteiger partial charge in [0.2, 0.25) is 0 Å². The summed E-state index contributed by atoms with van der Waals surface area (Å²) in [5, 5.41) is 9.33. The van der Waals surface area contributed by atoms with Crippen molar-refractivity contribution in [2.45, 2.75) is 49.8 Å². The van der Waals surface area contributed by atoms with Crippen molar-refractivity contribution >= 4 is 15.8 Å². The van der Waals surface area contributed by atoms with Gasteiger partial charge in [-0.3, -0.25) is 0 Å². The molecule has 114 valence electrons. The first kappa shape index (κ1) is 14.6. The van der Waals surface area contributed by atoms with Gasteiger partial charge in [-0.05, 0) is 61.1 Å². The van der Waals surface area contributed by atoms with Gasteiger partial charge in [-0.25, -0.2) is 13.2 Å². The van der Waals surface area contributed by atoms with E-state index in [0.717, 1.165) is 31.2 Å². The third kappa shape index (κ3) is 2.84. The van der Waals surface area contributed by atoms with Crippen LogP contribution in [0, 0.1) is 5.92 Å². The zero-order valence-electron chi connectivity index (χ0n) is 12.1. The summed E-state index contributed by atoms with van der Waals surface area (Å²) in [7, 11) is -3.39. The minimum absolute atomic E-state index is 0.135. The molecule has 4 nitrogen and oxygen atoms in total. The lowest BCUT2D eigenvalue weighted by atomic mass is 9.99. The Morgan fingerprint density at radius 1 is 1.24 bits per heavy atom. The van der Waals surface area contributed by atoms with Crippen molar-refractivity contribution in [1.82, 2.24) is 0 Å². The van der Waals surface area contributed by atoms with Crippen LogP contribution in [-0.2, 0) is 16.3 Å². The summed E-state index contributed by atoms with van der Waals surface area (Å²) < 4.78 is 25.6. The highest BCUT2D eigenvalue weighted by Gasteiger charge is 2.36. The van der Waals surface area contributed by atoms with E-state index < -0.39 is 15.8 Å². The number of carboxylic acid groups (broad SMARTS) is 1. The number of aromatic carboxylic acids is 1. The molecule has 1 aromatic rings. The van der Waals surface area contributed by atoms with E-state index in [-0.39, 0.29) is 17.2 Å². The Labute approximate surface area is 125 Å². The maximum atomic E-state index is 12.8. The van der Waals surface area contributed by atoms with Crippen LogP contribution in [0.5, 0.6) is 0 Å². The highest BCUT2D eigenvalue weighted by Crippen LogP contribution is 2.45. The minimum Gasteiger partial charge on any atom is -0.478 e. The molecular weight excluding hydrogens is 288 g/mol. The van der Waals surface area contributed by atoms with E-state index >= 15 is 0 Å². The molecule has 0 spiro atoms. The van der Waals surface area contributed by atoms with Gasteiger partial charge < -0.3 is 5.11 Å². The van der Waals surface area contributed by atoms with Gasteiger partial charge in [0.1, 0.15) is 0 Å². The van der Waals surface area contributed by atoms with Crippen molar-refractivity contribution < 1.29 is 18.3 Å². The molecule has 2 aliphatic rings. The predicted molar refractivity (Wildman–Crippen MR) is 79.5 cm³/mol. The Balaban J connectivity index is 2.18. The summed E-state index contributed by atoms with van der Waals surface area (Å²) in [5.74, 6) is -0.317. The highest BCUT2D eigenvalue weighted by molar-refractivity contribution is 7.91. The summed E-state index contributed by atoms with van der Waals surface area (Å²) in [5.41, 5.74) is 1.47. The fraction of sp³-hybridized carbons (Fsp3) is 0.562. The fourth-order valence-corrected chi connectivity index (χ4v) is 5.30. The van der Waals surface area contributed by atoms with E-state index in [1.807, 2.05) is 6.92 Å². The van der Waals surface area contributed by atoms with Gasteiger partial charge in [-0.2, -0.15) is 0 Å². The molecule has 0 amide bonds. The second-order valence-corrected chi connectivity index (χ2v) is 8.14. The predicted octanol–water partition coefficient (Wildman–Crippen LogP) is 3.01. The molecule has 3 rings (SSSR count). The lowest BCUT2D eigenvalue weighted by molar-refractivity contribution is 0.0695. The van der Waals surface area contributed by atoms with E-state index in [1.54, 1.807) is 12.1 Å². The molecule has 0 aromatic heterocycles. The number of hydrogen-bond donors (Lipinski definition) is 1. The molecule has 0 saturated heterocycles. The van der Waals surface area contributed by atoms with Crippen molar-refractivity contribution in [3.8, 4) is 0 Å². The quantitative estimate of drug-likeness (QED) is 0.877. The minimum atomic E-state index is -3.39. The van der Waals surface area contributed by atoms with Crippen LogP contribution >= 0.6 is 0 Å². The van der Waals surface area contributed by atoms with Gasteiger partial charge in [-0.1, -0.05) is 13.0 Å². The van der Waals surface area contributed by atoms with Gasteiger partial charge in [0.25, 0.3) is 0 Å². The Morgan fingerprint density at radius 3 is 2.38 bits per heavy atom. The second kappa shape index (κ2) is 5.13. The molecule has 0 radical (unpaired) electrons. The number of sulfone groups is 1. The molecule has 2 fully saturated rings. The maximum Gasteiger partial charge on any atom is 0.336 e. The van der Waals surface area contributed by atoms with E-state index in [2.05, 4.69) is 0 Å². The molecule has 0 bridgehead atoms. The summed E-state index contributed by atoms with van der Waals surface area (Å²) >= 11 is 0. The average Bonchev–Trinajstić information content (AvgIpc) is 3.29. The normalized spacial score (nSPS) is 18.7. The Morgan fingerprint density at radius 2 is 1.90 bits per heavy atom. The van der Waals surface area contributed by atoms with Crippen LogP contribution in [0.15, 0.2) is 17.0 Å². The van der Waals surface area contributed by atoms with E-state index in [1.165, 1.54) is 0 Å². The number of carbonyl (C=O) groups is 1. The third-order valence-electron chi connectivity index (χ3n) is 4.36. The molecule has 0 atom stereocenters. The first-order valence-corrected chi connectivity index (χ1v) is 9.21. The zero-order chi connectivity index (χ0) is 15.2. The summed E-state index contributed by atoms with van der Waals surface area (Å²) in [6.45, 7) is 1.83. The smallest absolute Gasteiger partial charge is 0.336 e.